The highest BCUT2D eigenvalue weighted by molar-refractivity contribution is 5.61. The van der Waals surface area contributed by atoms with Gasteiger partial charge in [-0.1, -0.05) is 12.1 Å². The van der Waals surface area contributed by atoms with Crippen LogP contribution in [0.4, 0.5) is 10.3 Å². The zero-order chi connectivity index (χ0) is 12.8. The van der Waals surface area contributed by atoms with E-state index in [2.05, 4.69) is 15.3 Å². The molecule has 0 saturated carbocycles. The van der Waals surface area contributed by atoms with E-state index in [0.717, 1.165) is 11.1 Å². The summed E-state index contributed by atoms with van der Waals surface area (Å²) < 4.78 is 13.1. The van der Waals surface area contributed by atoms with E-state index in [0.29, 0.717) is 18.9 Å². The fraction of sp³-hybridized carbons (Fsp3) is 0.231. The maximum absolute atomic E-state index is 13.1. The van der Waals surface area contributed by atoms with Crippen LogP contribution in [0.1, 0.15) is 6.42 Å². The smallest absolute Gasteiger partial charge is 0.222 e. The molecule has 1 aromatic heterocycles. The molecule has 18 heavy (non-hydrogen) atoms. The van der Waals surface area contributed by atoms with Crippen LogP contribution in [0.2, 0.25) is 0 Å². The second kappa shape index (κ2) is 6.07. The van der Waals surface area contributed by atoms with Crippen molar-refractivity contribution in [3.05, 3.63) is 42.5 Å². The van der Waals surface area contributed by atoms with E-state index in [-0.39, 0.29) is 12.4 Å². The summed E-state index contributed by atoms with van der Waals surface area (Å²) in [7, 11) is 0. The summed E-state index contributed by atoms with van der Waals surface area (Å²) in [5.41, 5.74) is 1.51. The van der Waals surface area contributed by atoms with Crippen LogP contribution in [0.5, 0.6) is 0 Å². The van der Waals surface area contributed by atoms with Gasteiger partial charge in [0.15, 0.2) is 0 Å². The van der Waals surface area contributed by atoms with Gasteiger partial charge < -0.3 is 10.4 Å². The molecule has 0 spiro atoms. The molecule has 5 heteroatoms. The third kappa shape index (κ3) is 3.24. The lowest BCUT2D eigenvalue weighted by atomic mass is 10.1. The average Bonchev–Trinajstić information content (AvgIpc) is 2.40. The lowest BCUT2D eigenvalue weighted by Crippen LogP contribution is -2.06. The number of nitrogens with one attached hydrogen (secondary N) is 1. The second-order valence-electron chi connectivity index (χ2n) is 3.81. The molecule has 2 rings (SSSR count). The summed E-state index contributed by atoms with van der Waals surface area (Å²) >= 11 is 0. The normalized spacial score (nSPS) is 10.3. The lowest BCUT2D eigenvalue weighted by Gasteiger charge is -2.04. The summed E-state index contributed by atoms with van der Waals surface area (Å²) in [6, 6.07) is 6.30. The minimum atomic E-state index is -0.280. The third-order valence-electron chi connectivity index (χ3n) is 2.43. The van der Waals surface area contributed by atoms with Gasteiger partial charge in [-0.05, 0) is 24.1 Å². The molecule has 1 heterocycles. The topological polar surface area (TPSA) is 58.0 Å². The largest absolute Gasteiger partial charge is 0.396 e. The Balaban J connectivity index is 2.07. The summed E-state index contributed by atoms with van der Waals surface area (Å²) in [4.78, 5) is 8.26. The predicted octanol–water partition coefficient (Wildman–Crippen LogP) is 2.08. The van der Waals surface area contributed by atoms with Gasteiger partial charge in [0.2, 0.25) is 5.95 Å². The standard InChI is InChI=1S/C13H14FN3O/c14-12-4-1-3-10(7-12)11-8-16-13(17-9-11)15-5-2-6-18/h1,3-4,7-9,18H,2,5-6H2,(H,15,16,17). The van der Waals surface area contributed by atoms with E-state index in [1.165, 1.54) is 12.1 Å². The molecule has 0 aliphatic heterocycles. The molecule has 0 fully saturated rings. The Bertz CT molecular complexity index is 502. The monoisotopic (exact) mass is 247 g/mol. The molecule has 0 aliphatic rings. The van der Waals surface area contributed by atoms with Crippen LogP contribution in [0.15, 0.2) is 36.7 Å². The van der Waals surface area contributed by atoms with E-state index in [1.54, 1.807) is 24.5 Å². The highest BCUT2D eigenvalue weighted by atomic mass is 19.1. The maximum Gasteiger partial charge on any atom is 0.222 e. The van der Waals surface area contributed by atoms with Gasteiger partial charge in [0.05, 0.1) is 0 Å². The first-order valence-corrected chi connectivity index (χ1v) is 5.72. The summed E-state index contributed by atoms with van der Waals surface area (Å²) in [6.07, 6.45) is 3.93. The first-order chi connectivity index (χ1) is 8.79. The quantitative estimate of drug-likeness (QED) is 0.794. The van der Waals surface area contributed by atoms with Gasteiger partial charge in [-0.2, -0.15) is 0 Å². The van der Waals surface area contributed by atoms with Crippen molar-refractivity contribution in [2.45, 2.75) is 6.42 Å². The molecule has 0 aliphatic carbocycles. The molecule has 4 nitrogen and oxygen atoms in total. The van der Waals surface area contributed by atoms with Crippen LogP contribution >= 0.6 is 0 Å². The molecule has 2 aromatic rings. The fourth-order valence-corrected chi connectivity index (χ4v) is 1.52. The van der Waals surface area contributed by atoms with Crippen LogP contribution in [0, 0.1) is 5.82 Å². The molecule has 0 bridgehead atoms. The van der Waals surface area contributed by atoms with Crippen molar-refractivity contribution in [2.24, 2.45) is 0 Å². The van der Waals surface area contributed by atoms with Crippen molar-refractivity contribution in [1.82, 2.24) is 9.97 Å². The lowest BCUT2D eigenvalue weighted by molar-refractivity contribution is 0.292. The minimum Gasteiger partial charge on any atom is -0.396 e. The predicted molar refractivity (Wildman–Crippen MR) is 67.6 cm³/mol. The van der Waals surface area contributed by atoms with E-state index in [9.17, 15) is 4.39 Å². The van der Waals surface area contributed by atoms with Crippen molar-refractivity contribution in [3.63, 3.8) is 0 Å². The molecule has 1 aromatic carbocycles. The van der Waals surface area contributed by atoms with Crippen LogP contribution < -0.4 is 5.32 Å². The molecule has 0 saturated heterocycles. The Morgan fingerprint density at radius 3 is 2.61 bits per heavy atom. The fourth-order valence-electron chi connectivity index (χ4n) is 1.52. The number of hydrogen-bond acceptors (Lipinski definition) is 4. The van der Waals surface area contributed by atoms with Gasteiger partial charge in [0.25, 0.3) is 0 Å². The maximum atomic E-state index is 13.1. The summed E-state index contributed by atoms with van der Waals surface area (Å²) in [5, 5.41) is 11.6. The van der Waals surface area contributed by atoms with Crippen molar-refractivity contribution in [1.29, 1.82) is 0 Å². The highest BCUT2D eigenvalue weighted by Crippen LogP contribution is 2.18. The molecule has 94 valence electrons. The number of aromatic nitrogens is 2. The summed E-state index contributed by atoms with van der Waals surface area (Å²) in [5.74, 6) is 0.223. The van der Waals surface area contributed by atoms with Crippen molar-refractivity contribution in [3.8, 4) is 11.1 Å². The van der Waals surface area contributed by atoms with Gasteiger partial charge in [0, 0.05) is 31.1 Å². The van der Waals surface area contributed by atoms with E-state index < -0.39 is 0 Å². The first kappa shape index (κ1) is 12.4. The number of halogens is 1. The van der Waals surface area contributed by atoms with E-state index in [1.807, 2.05) is 0 Å². The molecule has 0 atom stereocenters. The van der Waals surface area contributed by atoms with Gasteiger partial charge >= 0.3 is 0 Å². The zero-order valence-corrected chi connectivity index (χ0v) is 9.81. The molecule has 0 radical (unpaired) electrons. The third-order valence-corrected chi connectivity index (χ3v) is 2.43. The van der Waals surface area contributed by atoms with Crippen molar-refractivity contribution >= 4 is 5.95 Å². The first-order valence-electron chi connectivity index (χ1n) is 5.72. The number of nitrogens with zero attached hydrogens (tertiary/aromatic N) is 2. The number of hydrogen-bond donors (Lipinski definition) is 2. The summed E-state index contributed by atoms with van der Waals surface area (Å²) in [6.45, 7) is 0.754. The molecular weight excluding hydrogens is 233 g/mol. The zero-order valence-electron chi connectivity index (χ0n) is 9.81. The van der Waals surface area contributed by atoms with Crippen molar-refractivity contribution < 1.29 is 9.50 Å². The number of rotatable bonds is 5. The molecular formula is C13H14FN3O. The van der Waals surface area contributed by atoms with Gasteiger partial charge in [0.1, 0.15) is 5.82 Å². The SMILES string of the molecule is OCCCNc1ncc(-c2cccc(F)c2)cn1. The van der Waals surface area contributed by atoms with Crippen LogP contribution in [0.3, 0.4) is 0 Å². The van der Waals surface area contributed by atoms with Gasteiger partial charge in [-0.3, -0.25) is 0 Å². The van der Waals surface area contributed by atoms with Crippen LogP contribution in [-0.2, 0) is 0 Å². The second-order valence-corrected chi connectivity index (χ2v) is 3.81. The number of aliphatic hydroxyl groups is 1. The number of anilines is 1. The molecule has 2 N–H and O–H groups in total. The van der Waals surface area contributed by atoms with E-state index in [4.69, 9.17) is 5.11 Å². The Hall–Kier alpha value is -2.01. The van der Waals surface area contributed by atoms with Crippen LogP contribution in [-0.4, -0.2) is 28.2 Å². The molecule has 0 amide bonds. The Morgan fingerprint density at radius 2 is 1.94 bits per heavy atom. The van der Waals surface area contributed by atoms with Crippen LogP contribution in [0.25, 0.3) is 11.1 Å². The Labute approximate surface area is 105 Å². The van der Waals surface area contributed by atoms with Gasteiger partial charge in [-0.25, -0.2) is 14.4 Å². The van der Waals surface area contributed by atoms with Crippen molar-refractivity contribution in [2.75, 3.05) is 18.5 Å². The van der Waals surface area contributed by atoms with Gasteiger partial charge in [-0.15, -0.1) is 0 Å². The number of aliphatic hydroxyl groups excluding tert-OH is 1. The Kier molecular flexibility index (Phi) is 4.20. The minimum absolute atomic E-state index is 0.133. The van der Waals surface area contributed by atoms with E-state index >= 15 is 0 Å². The number of benzene rings is 1. The molecule has 0 unspecified atom stereocenters. The average molecular weight is 247 g/mol. The Morgan fingerprint density at radius 1 is 1.17 bits per heavy atom. The highest BCUT2D eigenvalue weighted by Gasteiger charge is 2.01.